The van der Waals surface area contributed by atoms with Gasteiger partial charge in [-0.1, -0.05) is 42.8 Å². The summed E-state index contributed by atoms with van der Waals surface area (Å²) < 4.78 is 13.7. The number of fused-ring (bicyclic) bond motifs is 3. The number of benzene rings is 1. The van der Waals surface area contributed by atoms with Gasteiger partial charge in [-0.2, -0.15) is 0 Å². The molecule has 0 unspecified atom stereocenters. The molecular weight excluding hydrogens is 303 g/mol. The molecule has 1 aromatic rings. The van der Waals surface area contributed by atoms with E-state index in [1.165, 1.54) is 24.0 Å². The fraction of sp³-hybridized carbons (Fsp3) is 0.647. The van der Waals surface area contributed by atoms with Gasteiger partial charge >= 0.3 is 0 Å². The number of hydrogen-bond acceptors (Lipinski definition) is 0. The summed E-state index contributed by atoms with van der Waals surface area (Å²) in [6, 6.07) is 5.41. The average molecular weight is 325 g/mol. The van der Waals surface area contributed by atoms with Crippen molar-refractivity contribution in [3.8, 4) is 0 Å². The summed E-state index contributed by atoms with van der Waals surface area (Å²) in [7, 11) is 0. The van der Waals surface area contributed by atoms with E-state index in [1.807, 2.05) is 6.07 Å². The lowest BCUT2D eigenvalue weighted by atomic mass is 9.50. The van der Waals surface area contributed by atoms with Crippen LogP contribution in [0.5, 0.6) is 0 Å². The molecule has 19 heavy (non-hydrogen) atoms. The van der Waals surface area contributed by atoms with Crippen LogP contribution in [0.4, 0.5) is 4.39 Å². The highest BCUT2D eigenvalue weighted by Gasteiger charge is 2.52. The van der Waals surface area contributed by atoms with Crippen molar-refractivity contribution < 1.29 is 4.39 Å². The van der Waals surface area contributed by atoms with Crippen molar-refractivity contribution in [2.24, 2.45) is 11.3 Å². The Hall–Kier alpha value is -0.370. The van der Waals surface area contributed by atoms with Gasteiger partial charge in [0.25, 0.3) is 0 Å². The summed E-state index contributed by atoms with van der Waals surface area (Å²) >= 11 is 3.88. The molecule has 0 spiro atoms. The molecular formula is C17H22BrF. The molecule has 0 bridgehead atoms. The van der Waals surface area contributed by atoms with Gasteiger partial charge in [-0.25, -0.2) is 4.39 Å². The van der Waals surface area contributed by atoms with E-state index in [-0.39, 0.29) is 16.6 Å². The third kappa shape index (κ3) is 1.90. The van der Waals surface area contributed by atoms with Crippen molar-refractivity contribution in [2.75, 3.05) is 0 Å². The van der Waals surface area contributed by atoms with Gasteiger partial charge in [0.1, 0.15) is 5.82 Å². The standard InChI is InChI=1S/C17H22BrF/c1-16(2)14-7-5-11-4-6-12(19)10-13(11)17(14,3)9-8-15(16)18/h4,6,10,14-15H,5,7-9H2,1-3H3/t14-,15-,17+/m1/s1. The van der Waals surface area contributed by atoms with E-state index in [4.69, 9.17) is 0 Å². The number of hydrogen-bond donors (Lipinski definition) is 0. The first-order valence-corrected chi connectivity index (χ1v) is 8.20. The van der Waals surface area contributed by atoms with E-state index >= 15 is 0 Å². The summed E-state index contributed by atoms with van der Waals surface area (Å²) in [5.74, 6) is 0.548. The van der Waals surface area contributed by atoms with E-state index in [2.05, 4.69) is 36.7 Å². The van der Waals surface area contributed by atoms with Crippen LogP contribution in [-0.4, -0.2) is 4.83 Å². The van der Waals surface area contributed by atoms with Gasteiger partial charge in [-0.05, 0) is 65.7 Å². The third-order valence-corrected chi connectivity index (χ3v) is 7.42. The summed E-state index contributed by atoms with van der Waals surface area (Å²) in [5.41, 5.74) is 3.06. The van der Waals surface area contributed by atoms with Crippen molar-refractivity contribution in [3.05, 3.63) is 35.1 Å². The molecule has 0 saturated heterocycles. The van der Waals surface area contributed by atoms with Gasteiger partial charge < -0.3 is 0 Å². The first-order valence-electron chi connectivity index (χ1n) is 7.28. The van der Waals surface area contributed by atoms with E-state index < -0.39 is 0 Å². The maximum atomic E-state index is 13.7. The first-order chi connectivity index (χ1) is 8.85. The molecule has 1 saturated carbocycles. The molecule has 2 heteroatoms. The zero-order chi connectivity index (χ0) is 13.8. The first kappa shape index (κ1) is 13.6. The SMILES string of the molecule is CC1(C)[C@H](Br)CC[C@@]2(C)c3cc(F)ccc3CC[C@H]12. The summed E-state index contributed by atoms with van der Waals surface area (Å²) in [6.45, 7) is 7.10. The minimum atomic E-state index is -0.0839. The predicted octanol–water partition coefficient (Wildman–Crippen LogP) is 5.23. The molecule has 0 radical (unpaired) electrons. The zero-order valence-corrected chi connectivity index (χ0v) is 13.6. The van der Waals surface area contributed by atoms with Crippen molar-refractivity contribution in [3.63, 3.8) is 0 Å². The maximum absolute atomic E-state index is 13.7. The molecule has 0 aromatic heterocycles. The van der Waals surface area contributed by atoms with Crippen LogP contribution in [0, 0.1) is 17.2 Å². The third-order valence-electron chi connectivity index (χ3n) is 5.78. The fourth-order valence-electron chi connectivity index (χ4n) is 4.62. The highest BCUT2D eigenvalue weighted by Crippen LogP contribution is 2.58. The fourth-order valence-corrected chi connectivity index (χ4v) is 5.17. The van der Waals surface area contributed by atoms with Crippen molar-refractivity contribution in [1.82, 2.24) is 0 Å². The molecule has 0 amide bonds. The molecule has 2 aliphatic rings. The van der Waals surface area contributed by atoms with Gasteiger partial charge in [0.15, 0.2) is 0 Å². The Kier molecular flexibility index (Phi) is 3.09. The number of halogens is 2. The molecule has 0 aliphatic heterocycles. The zero-order valence-electron chi connectivity index (χ0n) is 12.0. The molecule has 1 fully saturated rings. The molecule has 0 nitrogen and oxygen atoms in total. The Morgan fingerprint density at radius 3 is 2.68 bits per heavy atom. The monoisotopic (exact) mass is 324 g/mol. The van der Waals surface area contributed by atoms with Gasteiger partial charge in [0.05, 0.1) is 0 Å². The lowest BCUT2D eigenvalue weighted by Crippen LogP contribution is -2.52. The normalized spacial score (nSPS) is 36.5. The lowest BCUT2D eigenvalue weighted by molar-refractivity contribution is 0.0490. The second-order valence-electron chi connectivity index (χ2n) is 7.14. The van der Waals surface area contributed by atoms with Crippen LogP contribution >= 0.6 is 15.9 Å². The lowest BCUT2D eigenvalue weighted by Gasteiger charge is -2.56. The maximum Gasteiger partial charge on any atom is 0.123 e. The molecule has 3 atom stereocenters. The second-order valence-corrected chi connectivity index (χ2v) is 8.24. The van der Waals surface area contributed by atoms with E-state index in [9.17, 15) is 4.39 Å². The van der Waals surface area contributed by atoms with Crippen LogP contribution in [0.1, 0.15) is 51.2 Å². The molecule has 0 N–H and O–H groups in total. The van der Waals surface area contributed by atoms with Gasteiger partial charge in [-0.15, -0.1) is 0 Å². The van der Waals surface area contributed by atoms with Crippen molar-refractivity contribution in [2.45, 2.75) is 56.7 Å². The second kappa shape index (κ2) is 4.31. The summed E-state index contributed by atoms with van der Waals surface area (Å²) in [5, 5.41) is 0. The number of aryl methyl sites for hydroxylation is 1. The average Bonchev–Trinajstić information content (AvgIpc) is 2.35. The topological polar surface area (TPSA) is 0 Å². The Bertz CT molecular complexity index is 508. The van der Waals surface area contributed by atoms with Crippen molar-refractivity contribution in [1.29, 1.82) is 0 Å². The van der Waals surface area contributed by atoms with Crippen LogP contribution in [0.15, 0.2) is 18.2 Å². The van der Waals surface area contributed by atoms with Crippen LogP contribution in [0.2, 0.25) is 0 Å². The smallest absolute Gasteiger partial charge is 0.123 e. The largest absolute Gasteiger partial charge is 0.207 e. The minimum absolute atomic E-state index is 0.0839. The van der Waals surface area contributed by atoms with Crippen LogP contribution in [-0.2, 0) is 11.8 Å². The Labute approximate surface area is 123 Å². The number of rotatable bonds is 0. The molecule has 0 heterocycles. The van der Waals surface area contributed by atoms with E-state index in [1.54, 1.807) is 12.1 Å². The van der Waals surface area contributed by atoms with E-state index in [0.29, 0.717) is 10.7 Å². The summed E-state index contributed by atoms with van der Waals surface area (Å²) in [6.07, 6.45) is 4.66. The highest BCUT2D eigenvalue weighted by molar-refractivity contribution is 9.09. The Balaban J connectivity index is 2.12. The van der Waals surface area contributed by atoms with Crippen LogP contribution in [0.3, 0.4) is 0 Å². The van der Waals surface area contributed by atoms with E-state index in [0.717, 1.165) is 12.8 Å². The van der Waals surface area contributed by atoms with Gasteiger partial charge in [0.2, 0.25) is 0 Å². The number of alkyl halides is 1. The van der Waals surface area contributed by atoms with Crippen molar-refractivity contribution >= 4 is 15.9 Å². The van der Waals surface area contributed by atoms with Gasteiger partial charge in [-0.3, -0.25) is 0 Å². The predicted molar refractivity (Wildman–Crippen MR) is 81.3 cm³/mol. The highest BCUT2D eigenvalue weighted by atomic mass is 79.9. The Morgan fingerprint density at radius 2 is 1.95 bits per heavy atom. The Morgan fingerprint density at radius 1 is 1.21 bits per heavy atom. The molecule has 3 rings (SSSR count). The molecule has 1 aromatic carbocycles. The van der Waals surface area contributed by atoms with Crippen LogP contribution in [0.25, 0.3) is 0 Å². The minimum Gasteiger partial charge on any atom is -0.207 e. The quantitative estimate of drug-likeness (QED) is 0.573. The molecule has 104 valence electrons. The van der Waals surface area contributed by atoms with Gasteiger partial charge in [0, 0.05) is 4.83 Å². The summed E-state index contributed by atoms with van der Waals surface area (Å²) in [4.78, 5) is 0.577. The van der Waals surface area contributed by atoms with Crippen LogP contribution < -0.4 is 0 Å². The molecule has 2 aliphatic carbocycles.